The monoisotopic (exact) mass is 308 g/mol. The lowest BCUT2D eigenvalue weighted by atomic mass is 10.1. The van der Waals surface area contributed by atoms with E-state index in [1.165, 1.54) is 4.90 Å². The second kappa shape index (κ2) is 7.50. The fourth-order valence-electron chi connectivity index (χ4n) is 1.93. The predicted molar refractivity (Wildman–Crippen MR) is 88.5 cm³/mol. The highest BCUT2D eigenvalue weighted by Gasteiger charge is 2.18. The lowest BCUT2D eigenvalue weighted by Gasteiger charge is -2.23. The van der Waals surface area contributed by atoms with Crippen LogP contribution in [0.1, 0.15) is 36.7 Å². The van der Waals surface area contributed by atoms with Gasteiger partial charge in [0.05, 0.1) is 6.54 Å². The summed E-state index contributed by atoms with van der Waals surface area (Å²) < 4.78 is 0. The largest absolute Gasteiger partial charge is 0.350 e. The molecule has 1 N–H and O–H groups in total. The number of amides is 2. The van der Waals surface area contributed by atoms with Crippen LogP contribution in [0.2, 0.25) is 0 Å². The molecule has 0 radical (unpaired) electrons. The van der Waals surface area contributed by atoms with E-state index in [1.807, 2.05) is 45.2 Å². The molecular formula is C16H24N2O2S. The van der Waals surface area contributed by atoms with E-state index >= 15 is 0 Å². The van der Waals surface area contributed by atoms with Gasteiger partial charge in [0, 0.05) is 23.9 Å². The molecule has 0 spiro atoms. The summed E-state index contributed by atoms with van der Waals surface area (Å²) in [5.41, 5.74) is 1.44. The molecular weight excluding hydrogens is 284 g/mol. The molecule has 5 heteroatoms. The number of carbonyl (C=O) groups excluding carboxylic acids is 2. The van der Waals surface area contributed by atoms with Gasteiger partial charge >= 0.3 is 0 Å². The van der Waals surface area contributed by atoms with Crippen molar-refractivity contribution in [2.75, 3.05) is 19.8 Å². The van der Waals surface area contributed by atoms with Crippen LogP contribution in [0.5, 0.6) is 0 Å². The number of hydrogen-bond donors (Lipinski definition) is 1. The van der Waals surface area contributed by atoms with E-state index < -0.39 is 0 Å². The molecule has 0 saturated carbocycles. The third-order valence-corrected chi connectivity index (χ3v) is 3.35. The van der Waals surface area contributed by atoms with Crippen LogP contribution in [-0.4, -0.2) is 42.1 Å². The van der Waals surface area contributed by atoms with Crippen LogP contribution >= 0.6 is 11.8 Å². The van der Waals surface area contributed by atoms with Gasteiger partial charge in [0.2, 0.25) is 5.91 Å². The van der Waals surface area contributed by atoms with Gasteiger partial charge < -0.3 is 10.2 Å². The van der Waals surface area contributed by atoms with Crippen molar-refractivity contribution < 1.29 is 9.59 Å². The Labute approximate surface area is 131 Å². The maximum atomic E-state index is 12.3. The Bertz CT molecular complexity index is 509. The average molecular weight is 308 g/mol. The number of carbonyl (C=O) groups is 2. The van der Waals surface area contributed by atoms with Crippen molar-refractivity contribution in [3.05, 3.63) is 35.4 Å². The van der Waals surface area contributed by atoms with Crippen molar-refractivity contribution in [2.24, 2.45) is 0 Å². The smallest absolute Gasteiger partial charge is 0.254 e. The van der Waals surface area contributed by atoms with Crippen LogP contribution in [-0.2, 0) is 10.5 Å². The number of nitrogens with zero attached hydrogens (tertiary/aromatic N) is 1. The van der Waals surface area contributed by atoms with E-state index in [2.05, 4.69) is 5.32 Å². The predicted octanol–water partition coefficient (Wildman–Crippen LogP) is 2.54. The first-order chi connectivity index (χ1) is 9.73. The summed E-state index contributed by atoms with van der Waals surface area (Å²) in [7, 11) is 1.64. The topological polar surface area (TPSA) is 49.4 Å². The quantitative estimate of drug-likeness (QED) is 0.909. The first-order valence-electron chi connectivity index (χ1n) is 6.87. The van der Waals surface area contributed by atoms with Gasteiger partial charge in [-0.2, -0.15) is 11.8 Å². The maximum absolute atomic E-state index is 12.3. The summed E-state index contributed by atoms with van der Waals surface area (Å²) in [5.74, 6) is 0.579. The van der Waals surface area contributed by atoms with Gasteiger partial charge in [0.1, 0.15) is 0 Å². The Morgan fingerprint density at radius 3 is 2.52 bits per heavy atom. The van der Waals surface area contributed by atoms with Crippen molar-refractivity contribution in [3.63, 3.8) is 0 Å². The van der Waals surface area contributed by atoms with E-state index in [9.17, 15) is 9.59 Å². The van der Waals surface area contributed by atoms with E-state index in [4.69, 9.17) is 0 Å². The van der Waals surface area contributed by atoms with Crippen molar-refractivity contribution in [1.82, 2.24) is 10.2 Å². The molecule has 0 unspecified atom stereocenters. The van der Waals surface area contributed by atoms with E-state index in [-0.39, 0.29) is 23.9 Å². The number of thioether (sulfide) groups is 1. The minimum Gasteiger partial charge on any atom is -0.350 e. The zero-order chi connectivity index (χ0) is 16.0. The number of rotatable bonds is 5. The summed E-state index contributed by atoms with van der Waals surface area (Å²) >= 11 is 1.71. The highest BCUT2D eigenvalue weighted by Crippen LogP contribution is 2.12. The van der Waals surface area contributed by atoms with Crippen LogP contribution in [0.3, 0.4) is 0 Å². The standard InChI is InChI=1S/C16H24N2O2S/c1-16(2,3)17-14(19)10-18(4)15(20)13-8-6-7-12(9-13)11-21-5/h6-9H,10-11H2,1-5H3,(H,17,19). The van der Waals surface area contributed by atoms with Gasteiger partial charge in [0.25, 0.3) is 5.91 Å². The molecule has 1 aromatic rings. The highest BCUT2D eigenvalue weighted by molar-refractivity contribution is 7.97. The molecule has 0 aromatic heterocycles. The van der Waals surface area contributed by atoms with Gasteiger partial charge in [-0.15, -0.1) is 0 Å². The van der Waals surface area contributed by atoms with E-state index in [0.717, 1.165) is 11.3 Å². The normalized spacial score (nSPS) is 11.1. The molecule has 1 aromatic carbocycles. The van der Waals surface area contributed by atoms with Crippen molar-refractivity contribution >= 4 is 23.6 Å². The van der Waals surface area contributed by atoms with Crippen LogP contribution in [0, 0.1) is 0 Å². The van der Waals surface area contributed by atoms with Crippen LogP contribution in [0.4, 0.5) is 0 Å². The van der Waals surface area contributed by atoms with E-state index in [1.54, 1.807) is 24.9 Å². The van der Waals surface area contributed by atoms with Crippen LogP contribution in [0.15, 0.2) is 24.3 Å². The van der Waals surface area contributed by atoms with Crippen molar-refractivity contribution in [2.45, 2.75) is 32.1 Å². The highest BCUT2D eigenvalue weighted by atomic mass is 32.2. The lowest BCUT2D eigenvalue weighted by molar-refractivity contribution is -0.122. The molecule has 0 aliphatic heterocycles. The van der Waals surface area contributed by atoms with E-state index in [0.29, 0.717) is 5.56 Å². The third-order valence-electron chi connectivity index (χ3n) is 2.73. The van der Waals surface area contributed by atoms with Crippen molar-refractivity contribution in [3.8, 4) is 0 Å². The summed E-state index contributed by atoms with van der Waals surface area (Å²) in [5, 5.41) is 2.85. The molecule has 0 aliphatic rings. The summed E-state index contributed by atoms with van der Waals surface area (Å²) in [4.78, 5) is 25.7. The fraction of sp³-hybridized carbons (Fsp3) is 0.500. The Hall–Kier alpha value is -1.49. The van der Waals surface area contributed by atoms with Crippen molar-refractivity contribution in [1.29, 1.82) is 0 Å². The van der Waals surface area contributed by atoms with Gasteiger partial charge in [-0.1, -0.05) is 12.1 Å². The molecule has 116 valence electrons. The minimum absolute atomic E-state index is 0.0584. The Kier molecular flexibility index (Phi) is 6.27. The zero-order valence-corrected chi connectivity index (χ0v) is 14.2. The molecule has 4 nitrogen and oxygen atoms in total. The fourth-order valence-corrected chi connectivity index (χ4v) is 2.44. The Balaban J connectivity index is 2.70. The first-order valence-corrected chi connectivity index (χ1v) is 8.26. The summed E-state index contributed by atoms with van der Waals surface area (Å²) in [6.07, 6.45) is 2.03. The molecule has 0 saturated heterocycles. The average Bonchev–Trinajstić information content (AvgIpc) is 2.36. The Morgan fingerprint density at radius 2 is 1.95 bits per heavy atom. The van der Waals surface area contributed by atoms with Crippen LogP contribution in [0.25, 0.3) is 0 Å². The molecule has 21 heavy (non-hydrogen) atoms. The van der Waals surface area contributed by atoms with Gasteiger partial charge in [0.15, 0.2) is 0 Å². The van der Waals surface area contributed by atoms with Gasteiger partial charge in [-0.05, 0) is 44.7 Å². The van der Waals surface area contributed by atoms with Gasteiger partial charge in [-0.25, -0.2) is 0 Å². The molecule has 0 bridgehead atoms. The number of benzene rings is 1. The minimum atomic E-state index is -0.292. The number of nitrogens with one attached hydrogen (secondary N) is 1. The first kappa shape index (κ1) is 17.6. The molecule has 0 atom stereocenters. The zero-order valence-electron chi connectivity index (χ0n) is 13.4. The second-order valence-corrected chi connectivity index (χ2v) is 6.96. The molecule has 2 amide bonds. The molecule has 0 fully saturated rings. The summed E-state index contributed by atoms with van der Waals surface area (Å²) in [6, 6.07) is 7.54. The Morgan fingerprint density at radius 1 is 1.29 bits per heavy atom. The van der Waals surface area contributed by atoms with Gasteiger partial charge in [-0.3, -0.25) is 9.59 Å². The molecule has 0 heterocycles. The molecule has 0 aliphatic carbocycles. The SMILES string of the molecule is CSCc1cccc(C(=O)N(C)CC(=O)NC(C)(C)C)c1. The maximum Gasteiger partial charge on any atom is 0.254 e. The lowest BCUT2D eigenvalue weighted by Crippen LogP contribution is -2.46. The molecule has 1 rings (SSSR count). The number of hydrogen-bond acceptors (Lipinski definition) is 3. The van der Waals surface area contributed by atoms with Crippen LogP contribution < -0.4 is 5.32 Å². The number of likely N-dealkylation sites (N-methyl/N-ethyl adjacent to an activating group) is 1. The third kappa shape index (κ3) is 6.21. The second-order valence-electron chi connectivity index (χ2n) is 6.09. The summed E-state index contributed by atoms with van der Waals surface area (Å²) in [6.45, 7) is 5.80.